The first kappa shape index (κ1) is 34.0. The van der Waals surface area contributed by atoms with E-state index in [4.69, 9.17) is 9.47 Å². The number of methoxy groups -OCH3 is 1. The second-order valence-electron chi connectivity index (χ2n) is 18.5. The number of esters is 2. The lowest BCUT2D eigenvalue weighted by Gasteiger charge is -2.73. The summed E-state index contributed by atoms with van der Waals surface area (Å²) in [6, 6.07) is 0. The molecule has 0 unspecified atom stereocenters. The van der Waals surface area contributed by atoms with Crippen LogP contribution in [0.1, 0.15) is 139 Å². The van der Waals surface area contributed by atoms with Crippen molar-refractivity contribution < 1.29 is 24.2 Å². The quantitative estimate of drug-likeness (QED) is 0.219. The van der Waals surface area contributed by atoms with E-state index in [0.717, 1.165) is 19.3 Å². The monoisotopic (exact) mass is 612 g/mol. The first-order chi connectivity index (χ1) is 20.4. The van der Waals surface area contributed by atoms with E-state index in [1.54, 1.807) is 0 Å². The van der Waals surface area contributed by atoms with E-state index in [2.05, 4.69) is 48.1 Å². The topological polar surface area (TPSA) is 72.8 Å². The molecule has 0 aromatic carbocycles. The standard InChI is InChI=1S/C39H64O5/c1-25(2)26-13-18-39(21-22-40)20-19-37(8)27(33(26)39)11-12-29-36(7)16-15-30(35(5,6)28(36)14-17-38(29,37)9)44-32(42)24-34(3,4)23-31(41)43-10/h26-30,33,40H,1,11-24H2,2-10H3/t26-,27+,28-,29+,30-,33+,36-,37+,38+,39+/m0/s1. The molecule has 5 saturated carbocycles. The molecule has 5 fully saturated rings. The lowest BCUT2D eigenvalue weighted by Crippen LogP contribution is -2.66. The summed E-state index contributed by atoms with van der Waals surface area (Å²) in [7, 11) is 1.40. The third-order valence-electron chi connectivity index (χ3n) is 15.5. The lowest BCUT2D eigenvalue weighted by molar-refractivity contribution is -0.251. The van der Waals surface area contributed by atoms with Crippen LogP contribution < -0.4 is 0 Å². The number of hydrogen-bond acceptors (Lipinski definition) is 5. The molecular weight excluding hydrogens is 548 g/mol. The number of ether oxygens (including phenoxy) is 2. The van der Waals surface area contributed by atoms with Crippen LogP contribution >= 0.6 is 0 Å². The highest BCUT2D eigenvalue weighted by Gasteiger charge is 2.71. The zero-order valence-corrected chi connectivity index (χ0v) is 29.7. The first-order valence-corrected chi connectivity index (χ1v) is 17.9. The molecule has 0 aromatic rings. The van der Waals surface area contributed by atoms with Crippen LogP contribution in [0.15, 0.2) is 12.2 Å². The lowest BCUT2D eigenvalue weighted by atomic mass is 9.32. The summed E-state index contributed by atoms with van der Waals surface area (Å²) in [6.45, 7) is 23.6. The van der Waals surface area contributed by atoms with Crippen molar-refractivity contribution in [1.82, 2.24) is 0 Å². The Hall–Kier alpha value is -1.36. The van der Waals surface area contributed by atoms with Crippen LogP contribution in [0, 0.1) is 62.1 Å². The average Bonchev–Trinajstić information content (AvgIpc) is 3.30. The molecule has 5 rings (SSSR count). The fourth-order valence-electron chi connectivity index (χ4n) is 13.2. The minimum absolute atomic E-state index is 0.0955. The van der Waals surface area contributed by atoms with E-state index in [1.165, 1.54) is 64.0 Å². The average molecular weight is 613 g/mol. The molecule has 0 amide bonds. The molecule has 0 spiro atoms. The zero-order chi connectivity index (χ0) is 32.5. The molecular formula is C39H64O5. The summed E-state index contributed by atoms with van der Waals surface area (Å²) in [5, 5.41) is 10.2. The van der Waals surface area contributed by atoms with Gasteiger partial charge in [-0.1, -0.05) is 60.6 Å². The predicted molar refractivity (Wildman–Crippen MR) is 176 cm³/mol. The molecule has 10 atom stereocenters. The van der Waals surface area contributed by atoms with E-state index >= 15 is 0 Å². The third-order valence-corrected chi connectivity index (χ3v) is 15.5. The Morgan fingerprint density at radius 2 is 1.52 bits per heavy atom. The minimum Gasteiger partial charge on any atom is -0.469 e. The van der Waals surface area contributed by atoms with Gasteiger partial charge in [-0.05, 0) is 134 Å². The summed E-state index contributed by atoms with van der Waals surface area (Å²) in [4.78, 5) is 25.1. The van der Waals surface area contributed by atoms with Crippen molar-refractivity contribution >= 4 is 11.9 Å². The largest absolute Gasteiger partial charge is 0.469 e. The predicted octanol–water partition coefficient (Wildman–Crippen LogP) is 8.92. The number of aliphatic hydroxyl groups is 1. The number of hydrogen-bond donors (Lipinski definition) is 1. The Balaban J connectivity index is 1.37. The van der Waals surface area contributed by atoms with Gasteiger partial charge < -0.3 is 14.6 Å². The summed E-state index contributed by atoms with van der Waals surface area (Å²) >= 11 is 0. The van der Waals surface area contributed by atoms with Crippen molar-refractivity contribution in [2.75, 3.05) is 13.7 Å². The Morgan fingerprint density at radius 1 is 0.841 bits per heavy atom. The van der Waals surface area contributed by atoms with Crippen LogP contribution in [0.4, 0.5) is 0 Å². The van der Waals surface area contributed by atoms with Crippen molar-refractivity contribution in [2.24, 2.45) is 62.1 Å². The minimum atomic E-state index is -0.491. The van der Waals surface area contributed by atoms with Crippen molar-refractivity contribution in [2.45, 2.75) is 145 Å². The van der Waals surface area contributed by atoms with Gasteiger partial charge in [0.15, 0.2) is 0 Å². The second-order valence-corrected chi connectivity index (χ2v) is 18.5. The molecule has 0 aromatic heterocycles. The van der Waals surface area contributed by atoms with Crippen LogP contribution in [0.3, 0.4) is 0 Å². The molecule has 0 saturated heterocycles. The molecule has 1 N–H and O–H groups in total. The highest BCUT2D eigenvalue weighted by atomic mass is 16.5. The molecule has 44 heavy (non-hydrogen) atoms. The van der Waals surface area contributed by atoms with Crippen molar-refractivity contribution in [1.29, 1.82) is 0 Å². The van der Waals surface area contributed by atoms with Gasteiger partial charge in [0.05, 0.1) is 20.0 Å². The molecule has 0 bridgehead atoms. The highest BCUT2D eigenvalue weighted by molar-refractivity contribution is 5.74. The summed E-state index contributed by atoms with van der Waals surface area (Å²) in [5.41, 5.74) is 1.87. The smallest absolute Gasteiger partial charge is 0.306 e. The first-order valence-electron chi connectivity index (χ1n) is 17.9. The second kappa shape index (κ2) is 11.4. The maximum atomic E-state index is 13.2. The zero-order valence-electron chi connectivity index (χ0n) is 29.7. The van der Waals surface area contributed by atoms with E-state index in [1.807, 2.05) is 13.8 Å². The molecule has 5 aliphatic carbocycles. The normalized spacial score (nSPS) is 44.4. The van der Waals surface area contributed by atoms with Crippen molar-refractivity contribution in [3.05, 3.63) is 12.2 Å². The van der Waals surface area contributed by atoms with Gasteiger partial charge in [0, 0.05) is 12.0 Å². The van der Waals surface area contributed by atoms with Crippen LogP contribution in [0.2, 0.25) is 0 Å². The summed E-state index contributed by atoms with van der Waals surface area (Å²) in [6.07, 6.45) is 13.4. The van der Waals surface area contributed by atoms with Gasteiger partial charge in [-0.15, -0.1) is 0 Å². The van der Waals surface area contributed by atoms with Crippen LogP contribution in [-0.4, -0.2) is 36.9 Å². The van der Waals surface area contributed by atoms with Crippen molar-refractivity contribution in [3.8, 4) is 0 Å². The number of carbonyl (C=O) groups excluding carboxylic acids is 2. The molecule has 0 radical (unpaired) electrons. The number of carbonyl (C=O) groups is 2. The Labute approximate surface area is 268 Å². The SMILES string of the molecule is C=C(C)[C@@H]1CC[C@]2(CCO)CC[C@]3(C)[C@H](CC[C@@H]4[C@@]5(C)CC[C@H](OC(=O)CC(C)(C)CC(=O)OC)C(C)(C)[C@@H]5CC[C@]43C)[C@@H]12. The van der Waals surface area contributed by atoms with E-state index in [9.17, 15) is 14.7 Å². The number of aliphatic hydroxyl groups excluding tert-OH is 1. The molecule has 0 aliphatic heterocycles. The van der Waals surface area contributed by atoms with Gasteiger partial charge in [-0.3, -0.25) is 9.59 Å². The van der Waals surface area contributed by atoms with Crippen LogP contribution in [0.25, 0.3) is 0 Å². The third kappa shape index (κ3) is 5.12. The van der Waals surface area contributed by atoms with E-state index in [-0.39, 0.29) is 47.1 Å². The maximum Gasteiger partial charge on any atom is 0.306 e. The Bertz CT molecular complexity index is 1140. The number of rotatable bonds is 8. The van der Waals surface area contributed by atoms with Crippen molar-refractivity contribution in [3.63, 3.8) is 0 Å². The molecule has 5 nitrogen and oxygen atoms in total. The Kier molecular flexibility index (Phi) is 8.81. The number of allylic oxidation sites excluding steroid dienone is 1. The Morgan fingerprint density at radius 3 is 2.16 bits per heavy atom. The fraction of sp³-hybridized carbons (Fsp3) is 0.897. The molecule has 250 valence electrons. The van der Waals surface area contributed by atoms with Gasteiger partial charge in [-0.25, -0.2) is 0 Å². The van der Waals surface area contributed by atoms with Gasteiger partial charge in [0.2, 0.25) is 0 Å². The molecule has 5 aliphatic rings. The van der Waals surface area contributed by atoms with E-state index in [0.29, 0.717) is 47.0 Å². The van der Waals surface area contributed by atoms with Crippen LogP contribution in [0.5, 0.6) is 0 Å². The van der Waals surface area contributed by atoms with Gasteiger partial charge in [0.25, 0.3) is 0 Å². The van der Waals surface area contributed by atoms with Gasteiger partial charge >= 0.3 is 11.9 Å². The van der Waals surface area contributed by atoms with Gasteiger partial charge in [0.1, 0.15) is 6.10 Å². The van der Waals surface area contributed by atoms with E-state index < -0.39 is 5.41 Å². The molecule has 5 heteroatoms. The maximum absolute atomic E-state index is 13.2. The fourth-order valence-corrected chi connectivity index (χ4v) is 13.2. The summed E-state index contributed by atoms with van der Waals surface area (Å²) < 4.78 is 11.2. The number of fused-ring (bicyclic) bond motifs is 7. The summed E-state index contributed by atoms with van der Waals surface area (Å²) in [5.74, 6) is 2.66. The molecule has 0 heterocycles. The van der Waals surface area contributed by atoms with Crippen LogP contribution in [-0.2, 0) is 19.1 Å². The highest BCUT2D eigenvalue weighted by Crippen LogP contribution is 2.78. The van der Waals surface area contributed by atoms with Gasteiger partial charge in [-0.2, -0.15) is 0 Å².